The molecular formula is C18H20N2O3S. The number of ether oxygens (including phenoxy) is 1. The first-order valence-corrected chi connectivity index (χ1v) is 8.82. The number of thiophene rings is 1. The second-order valence-corrected chi connectivity index (χ2v) is 6.85. The molecule has 1 aromatic carbocycles. The van der Waals surface area contributed by atoms with E-state index in [4.69, 9.17) is 10.5 Å². The highest BCUT2D eigenvalue weighted by molar-refractivity contribution is 7.20. The van der Waals surface area contributed by atoms with Crippen LogP contribution in [-0.2, 0) is 17.6 Å². The zero-order valence-corrected chi connectivity index (χ0v) is 14.6. The molecule has 6 heteroatoms. The van der Waals surface area contributed by atoms with E-state index in [0.29, 0.717) is 17.2 Å². The van der Waals surface area contributed by atoms with E-state index in [2.05, 4.69) is 18.3 Å². The number of benzene rings is 1. The number of primary amides is 1. The predicted molar refractivity (Wildman–Crippen MR) is 95.8 cm³/mol. The number of carbonyl (C=O) groups is 2. The van der Waals surface area contributed by atoms with Crippen LogP contribution in [0, 0.1) is 0 Å². The lowest BCUT2D eigenvalue weighted by Gasteiger charge is -2.18. The van der Waals surface area contributed by atoms with Crippen LogP contribution in [0.4, 0.5) is 5.00 Å². The molecule has 2 aromatic rings. The second-order valence-electron chi connectivity index (χ2n) is 5.83. The summed E-state index contributed by atoms with van der Waals surface area (Å²) >= 11 is 1.41. The van der Waals surface area contributed by atoms with Crippen LogP contribution in [0.15, 0.2) is 18.2 Å². The van der Waals surface area contributed by atoms with Crippen molar-refractivity contribution in [2.24, 2.45) is 5.73 Å². The average Bonchev–Trinajstić information content (AvgIpc) is 2.90. The third-order valence-electron chi connectivity index (χ3n) is 3.98. The monoisotopic (exact) mass is 344 g/mol. The lowest BCUT2D eigenvalue weighted by molar-refractivity contribution is -0.114. The molecule has 0 saturated carbocycles. The van der Waals surface area contributed by atoms with Gasteiger partial charge in [0.2, 0.25) is 5.91 Å². The van der Waals surface area contributed by atoms with Crippen LogP contribution in [0.2, 0.25) is 0 Å². The van der Waals surface area contributed by atoms with Crippen LogP contribution in [0.3, 0.4) is 0 Å². The number of nitrogens with one attached hydrogen (secondary N) is 1. The number of carbonyl (C=O) groups excluding carboxylic acids is 2. The van der Waals surface area contributed by atoms with Crippen LogP contribution in [0.1, 0.15) is 41.8 Å². The molecule has 5 nitrogen and oxygen atoms in total. The highest BCUT2D eigenvalue weighted by atomic mass is 32.1. The Morgan fingerprint density at radius 1 is 1.33 bits per heavy atom. The van der Waals surface area contributed by atoms with Gasteiger partial charge in [-0.1, -0.05) is 6.92 Å². The fourth-order valence-corrected chi connectivity index (χ4v) is 4.36. The Bertz CT molecular complexity index is 811. The molecule has 1 aliphatic carbocycles. The van der Waals surface area contributed by atoms with Crippen LogP contribution >= 0.6 is 11.3 Å². The molecule has 1 aliphatic rings. The minimum atomic E-state index is -0.498. The topological polar surface area (TPSA) is 81.4 Å². The largest absolute Gasteiger partial charge is 0.494 e. The lowest BCUT2D eigenvalue weighted by atomic mass is 9.89. The minimum Gasteiger partial charge on any atom is -0.494 e. The van der Waals surface area contributed by atoms with Crippen molar-refractivity contribution in [2.45, 2.75) is 33.1 Å². The lowest BCUT2D eigenvalue weighted by Crippen LogP contribution is -2.17. The Hall–Kier alpha value is -2.34. The summed E-state index contributed by atoms with van der Waals surface area (Å²) in [5, 5.41) is 3.28. The van der Waals surface area contributed by atoms with Gasteiger partial charge in [-0.2, -0.15) is 0 Å². The van der Waals surface area contributed by atoms with Crippen LogP contribution in [0.25, 0.3) is 10.4 Å². The van der Waals surface area contributed by atoms with Gasteiger partial charge in [-0.15, -0.1) is 11.3 Å². The Labute approximate surface area is 144 Å². The van der Waals surface area contributed by atoms with Gasteiger partial charge in [0.15, 0.2) is 0 Å². The van der Waals surface area contributed by atoms with E-state index in [1.54, 1.807) is 0 Å². The van der Waals surface area contributed by atoms with Gasteiger partial charge in [-0.3, -0.25) is 9.59 Å². The minimum absolute atomic E-state index is 0.209. The third kappa shape index (κ3) is 3.01. The first kappa shape index (κ1) is 16.5. The number of rotatable bonds is 5. The van der Waals surface area contributed by atoms with Crippen LogP contribution < -0.4 is 15.8 Å². The van der Waals surface area contributed by atoms with E-state index in [1.807, 2.05) is 12.1 Å². The summed E-state index contributed by atoms with van der Waals surface area (Å²) in [6.45, 7) is 4.20. The van der Waals surface area contributed by atoms with E-state index in [0.717, 1.165) is 41.0 Å². The highest BCUT2D eigenvalue weighted by Gasteiger charge is 2.27. The molecular weight excluding hydrogens is 324 g/mol. The maximum atomic E-state index is 11.9. The molecule has 0 aliphatic heterocycles. The van der Waals surface area contributed by atoms with Gasteiger partial charge >= 0.3 is 0 Å². The fourth-order valence-electron chi connectivity index (χ4n) is 3.00. The van der Waals surface area contributed by atoms with E-state index < -0.39 is 5.91 Å². The smallest absolute Gasteiger partial charge is 0.252 e. The summed E-state index contributed by atoms with van der Waals surface area (Å²) in [6, 6.07) is 6.04. The Morgan fingerprint density at radius 3 is 2.79 bits per heavy atom. The molecule has 3 N–H and O–H groups in total. The van der Waals surface area contributed by atoms with Crippen molar-refractivity contribution < 1.29 is 14.3 Å². The Kier molecular flexibility index (Phi) is 4.57. The van der Waals surface area contributed by atoms with Gasteiger partial charge in [-0.25, -0.2) is 0 Å². The van der Waals surface area contributed by atoms with Crippen molar-refractivity contribution in [1.82, 2.24) is 0 Å². The van der Waals surface area contributed by atoms with E-state index in [1.165, 1.54) is 23.8 Å². The van der Waals surface area contributed by atoms with Crippen molar-refractivity contribution >= 4 is 28.2 Å². The van der Waals surface area contributed by atoms with Gasteiger partial charge in [0.05, 0.1) is 12.2 Å². The number of amides is 2. The molecule has 0 saturated heterocycles. The fraction of sp³-hybridized carbons (Fsp3) is 0.333. The normalized spacial score (nSPS) is 12.2. The molecule has 0 bridgehead atoms. The molecule has 0 atom stereocenters. The summed E-state index contributed by atoms with van der Waals surface area (Å²) in [5.74, 6) is 0.162. The Balaban J connectivity index is 2.05. The number of anilines is 1. The van der Waals surface area contributed by atoms with Crippen molar-refractivity contribution in [3.05, 3.63) is 34.9 Å². The van der Waals surface area contributed by atoms with Crippen molar-refractivity contribution in [1.29, 1.82) is 0 Å². The number of nitrogens with two attached hydrogens (primary N) is 1. The number of aryl methyl sites for hydroxylation is 1. The van der Waals surface area contributed by atoms with E-state index in [9.17, 15) is 9.59 Å². The maximum Gasteiger partial charge on any atom is 0.252 e. The number of fused-ring (bicyclic) bond motifs is 3. The van der Waals surface area contributed by atoms with Gasteiger partial charge in [0.1, 0.15) is 10.8 Å². The van der Waals surface area contributed by atoms with Crippen molar-refractivity contribution in [3.8, 4) is 16.2 Å². The summed E-state index contributed by atoms with van der Waals surface area (Å²) in [7, 11) is 0. The zero-order valence-electron chi connectivity index (χ0n) is 13.8. The molecule has 1 heterocycles. The number of hydrogen-bond donors (Lipinski definition) is 2. The second kappa shape index (κ2) is 6.65. The molecule has 1 aromatic heterocycles. The highest BCUT2D eigenvalue weighted by Crippen LogP contribution is 2.45. The first-order chi connectivity index (χ1) is 11.5. The molecule has 0 unspecified atom stereocenters. The molecule has 0 spiro atoms. The van der Waals surface area contributed by atoms with Crippen LogP contribution in [0.5, 0.6) is 5.75 Å². The van der Waals surface area contributed by atoms with Crippen molar-refractivity contribution in [3.63, 3.8) is 0 Å². The predicted octanol–water partition coefficient (Wildman–Crippen LogP) is 3.36. The first-order valence-electron chi connectivity index (χ1n) is 8.00. The zero-order chi connectivity index (χ0) is 17.3. The molecule has 126 valence electrons. The molecule has 3 rings (SSSR count). The van der Waals surface area contributed by atoms with Gasteiger partial charge < -0.3 is 15.8 Å². The molecule has 24 heavy (non-hydrogen) atoms. The summed E-state index contributed by atoms with van der Waals surface area (Å²) in [6.07, 6.45) is 2.52. The average molecular weight is 344 g/mol. The standard InChI is InChI=1S/C18H20N2O3S/c1-3-8-23-12-5-7-13-11(9-12)4-6-14-15(17(19)22)18(20-10(2)21)24-16(13)14/h5,7,9H,3-4,6,8H2,1-2H3,(H2,19,22)(H,20,21). The van der Waals surface area contributed by atoms with Crippen LogP contribution in [-0.4, -0.2) is 18.4 Å². The quantitative estimate of drug-likeness (QED) is 0.872. The third-order valence-corrected chi connectivity index (χ3v) is 5.16. The summed E-state index contributed by atoms with van der Waals surface area (Å²) in [4.78, 5) is 24.3. The van der Waals surface area contributed by atoms with E-state index >= 15 is 0 Å². The number of hydrogen-bond acceptors (Lipinski definition) is 4. The SMILES string of the molecule is CCCOc1ccc2c(c1)CCc1c-2sc(NC(C)=O)c1C(N)=O. The molecule has 0 fully saturated rings. The summed E-state index contributed by atoms with van der Waals surface area (Å²) < 4.78 is 5.70. The van der Waals surface area contributed by atoms with E-state index in [-0.39, 0.29) is 5.91 Å². The van der Waals surface area contributed by atoms with Crippen molar-refractivity contribution in [2.75, 3.05) is 11.9 Å². The van der Waals surface area contributed by atoms with Gasteiger partial charge in [-0.05, 0) is 54.2 Å². The molecule has 2 amide bonds. The molecule has 0 radical (unpaired) electrons. The van der Waals surface area contributed by atoms with Gasteiger partial charge in [0, 0.05) is 11.8 Å². The Morgan fingerprint density at radius 2 is 2.12 bits per heavy atom. The summed E-state index contributed by atoms with van der Waals surface area (Å²) in [5.41, 5.74) is 9.22. The van der Waals surface area contributed by atoms with Gasteiger partial charge in [0.25, 0.3) is 5.91 Å². The maximum absolute atomic E-state index is 11.9.